The van der Waals surface area contributed by atoms with Crippen LogP contribution in [0.25, 0.3) is 5.57 Å². The highest BCUT2D eigenvalue weighted by molar-refractivity contribution is 6.02. The zero-order valence-corrected chi connectivity index (χ0v) is 17.3. The number of carbonyl (C=O) groups is 1. The average molecular weight is 387 g/mol. The van der Waals surface area contributed by atoms with E-state index in [1.807, 2.05) is 38.2 Å². The smallest absolute Gasteiger partial charge is 0.322 e. The van der Waals surface area contributed by atoms with Gasteiger partial charge in [-0.15, -0.1) is 0 Å². The number of aryl methyl sites for hydroxylation is 1. The first kappa shape index (κ1) is 20.1. The van der Waals surface area contributed by atoms with Gasteiger partial charge in [-0.2, -0.15) is 5.10 Å². The minimum atomic E-state index is -0.105. The molecule has 0 aliphatic carbocycles. The molecule has 8 heteroatoms. The van der Waals surface area contributed by atoms with Crippen LogP contribution in [0.3, 0.4) is 0 Å². The molecule has 0 radical (unpaired) electrons. The summed E-state index contributed by atoms with van der Waals surface area (Å²) in [5.74, 6) is 1.84. The Hall–Kier alpha value is -2.61. The van der Waals surface area contributed by atoms with Crippen LogP contribution in [-0.2, 0) is 16.5 Å². The van der Waals surface area contributed by atoms with Crippen LogP contribution in [0.15, 0.2) is 34.4 Å². The molecule has 28 heavy (non-hydrogen) atoms. The van der Waals surface area contributed by atoms with Gasteiger partial charge in [0, 0.05) is 56.9 Å². The highest BCUT2D eigenvalue weighted by Crippen LogP contribution is 2.33. The van der Waals surface area contributed by atoms with Crippen LogP contribution in [0.1, 0.15) is 32.3 Å². The SMILES string of the molecule is COC[C@H]1CCN(C(=O)NC2=NC(=C(/C)c3cnn(C)c3)/C(=C(\C)OC)C2)C1. The molecule has 1 fully saturated rings. The van der Waals surface area contributed by atoms with E-state index in [4.69, 9.17) is 14.5 Å². The van der Waals surface area contributed by atoms with Crippen molar-refractivity contribution in [2.24, 2.45) is 18.0 Å². The van der Waals surface area contributed by atoms with E-state index >= 15 is 0 Å². The van der Waals surface area contributed by atoms with Crippen LogP contribution in [-0.4, -0.2) is 60.5 Å². The van der Waals surface area contributed by atoms with Gasteiger partial charge in [0.1, 0.15) is 5.84 Å². The molecule has 2 aliphatic heterocycles. The number of rotatable bonds is 4. The molecule has 0 aromatic carbocycles. The first-order valence-electron chi connectivity index (χ1n) is 9.49. The van der Waals surface area contributed by atoms with E-state index in [2.05, 4.69) is 10.4 Å². The van der Waals surface area contributed by atoms with Crippen LogP contribution in [0.5, 0.6) is 0 Å². The molecule has 2 amide bonds. The number of hydrogen-bond donors (Lipinski definition) is 1. The lowest BCUT2D eigenvalue weighted by Gasteiger charge is -2.17. The van der Waals surface area contributed by atoms with E-state index in [0.717, 1.165) is 41.1 Å². The molecule has 1 saturated heterocycles. The van der Waals surface area contributed by atoms with Crippen molar-refractivity contribution in [3.05, 3.63) is 35.0 Å². The Bertz CT molecular complexity index is 837. The van der Waals surface area contributed by atoms with Crippen LogP contribution in [0.2, 0.25) is 0 Å². The van der Waals surface area contributed by atoms with E-state index in [-0.39, 0.29) is 6.03 Å². The standard InChI is InChI=1S/C20H29N5O3/c1-13(16-9-21-24(3)11-16)19-17(14(2)28-5)8-18(22-19)23-20(26)25-7-6-15(10-25)12-27-4/h9,11,15H,6-8,10,12H2,1-5H3,(H,22,23,26)/b17-14+,19-13-/t15-/m0/s1. The normalized spacial score (nSPS) is 23.0. The summed E-state index contributed by atoms with van der Waals surface area (Å²) < 4.78 is 12.4. The van der Waals surface area contributed by atoms with Gasteiger partial charge in [0.05, 0.1) is 31.4 Å². The van der Waals surface area contributed by atoms with E-state index in [1.165, 1.54) is 0 Å². The molecule has 1 aromatic heterocycles. The van der Waals surface area contributed by atoms with E-state index < -0.39 is 0 Å². The van der Waals surface area contributed by atoms with Gasteiger partial charge in [0.25, 0.3) is 0 Å². The monoisotopic (exact) mass is 387 g/mol. The summed E-state index contributed by atoms with van der Waals surface area (Å²) in [5.41, 5.74) is 3.82. The molecule has 3 heterocycles. The summed E-state index contributed by atoms with van der Waals surface area (Å²) in [5, 5.41) is 7.23. The number of carbonyl (C=O) groups excluding carboxylic acids is 1. The fourth-order valence-corrected chi connectivity index (χ4v) is 3.63. The topological polar surface area (TPSA) is 81.0 Å². The highest BCUT2D eigenvalue weighted by atomic mass is 16.5. The molecule has 0 bridgehead atoms. The predicted molar refractivity (Wildman–Crippen MR) is 108 cm³/mol. The maximum Gasteiger partial charge on any atom is 0.322 e. The summed E-state index contributed by atoms with van der Waals surface area (Å²) in [7, 11) is 5.23. The molecule has 1 N–H and O–H groups in total. The van der Waals surface area contributed by atoms with Gasteiger partial charge in [-0.25, -0.2) is 9.79 Å². The number of nitrogens with one attached hydrogen (secondary N) is 1. The third-order valence-electron chi connectivity index (χ3n) is 5.33. The van der Waals surface area contributed by atoms with Gasteiger partial charge < -0.3 is 14.4 Å². The Morgan fingerprint density at radius 2 is 2.14 bits per heavy atom. The summed E-state index contributed by atoms with van der Waals surface area (Å²) in [6.07, 6.45) is 5.27. The summed E-state index contributed by atoms with van der Waals surface area (Å²) in [6, 6.07) is -0.105. The second kappa shape index (κ2) is 8.60. The zero-order chi connectivity index (χ0) is 20.3. The second-order valence-electron chi connectivity index (χ2n) is 7.34. The van der Waals surface area contributed by atoms with Crippen molar-refractivity contribution in [1.29, 1.82) is 0 Å². The number of likely N-dealkylation sites (tertiary alicyclic amines) is 1. The van der Waals surface area contributed by atoms with Crippen molar-refractivity contribution >= 4 is 17.4 Å². The van der Waals surface area contributed by atoms with E-state index in [9.17, 15) is 4.79 Å². The minimum Gasteiger partial charge on any atom is -0.501 e. The average Bonchev–Trinajstić information content (AvgIpc) is 3.40. The molecule has 152 valence electrons. The van der Waals surface area contributed by atoms with E-state index in [0.29, 0.717) is 31.3 Å². The number of nitrogens with zero attached hydrogens (tertiary/aromatic N) is 4. The third kappa shape index (κ3) is 4.27. The fourth-order valence-electron chi connectivity index (χ4n) is 3.63. The highest BCUT2D eigenvalue weighted by Gasteiger charge is 2.29. The molecular weight excluding hydrogens is 358 g/mol. The number of hydrogen-bond acceptors (Lipinski definition) is 5. The number of methoxy groups -OCH3 is 2. The lowest BCUT2D eigenvalue weighted by molar-refractivity contribution is 0.154. The number of ether oxygens (including phenoxy) is 2. The molecule has 0 spiro atoms. The van der Waals surface area contributed by atoms with Crippen molar-refractivity contribution in [1.82, 2.24) is 20.0 Å². The first-order chi connectivity index (χ1) is 13.4. The van der Waals surface area contributed by atoms with Gasteiger partial charge in [0.2, 0.25) is 0 Å². The van der Waals surface area contributed by atoms with Gasteiger partial charge >= 0.3 is 6.03 Å². The van der Waals surface area contributed by atoms with Gasteiger partial charge in [-0.1, -0.05) is 0 Å². The number of allylic oxidation sites excluding steroid dienone is 3. The molecule has 0 saturated carbocycles. The number of amidine groups is 1. The molecular formula is C20H29N5O3. The van der Waals surface area contributed by atoms with Crippen molar-refractivity contribution < 1.29 is 14.3 Å². The predicted octanol–water partition coefficient (Wildman–Crippen LogP) is 2.55. The summed E-state index contributed by atoms with van der Waals surface area (Å²) >= 11 is 0. The van der Waals surface area contributed by atoms with Crippen molar-refractivity contribution in [2.75, 3.05) is 33.9 Å². The molecule has 1 aromatic rings. The quantitative estimate of drug-likeness (QED) is 0.805. The molecule has 1 atom stereocenters. The molecule has 0 unspecified atom stereocenters. The number of urea groups is 1. The van der Waals surface area contributed by atoms with Crippen molar-refractivity contribution in [3.8, 4) is 0 Å². The molecule has 8 nitrogen and oxygen atoms in total. The Morgan fingerprint density at radius 3 is 2.79 bits per heavy atom. The van der Waals surface area contributed by atoms with E-state index in [1.54, 1.807) is 18.9 Å². The first-order valence-corrected chi connectivity index (χ1v) is 9.49. The summed E-state index contributed by atoms with van der Waals surface area (Å²) in [6.45, 7) is 6.07. The number of amides is 2. The fraction of sp³-hybridized carbons (Fsp3) is 0.550. The number of aliphatic imine (C=N–C) groups is 1. The Kier molecular flexibility index (Phi) is 6.18. The van der Waals surface area contributed by atoms with Crippen molar-refractivity contribution in [3.63, 3.8) is 0 Å². The van der Waals surface area contributed by atoms with Crippen LogP contribution in [0, 0.1) is 5.92 Å². The molecule has 2 aliphatic rings. The number of aromatic nitrogens is 2. The minimum absolute atomic E-state index is 0.105. The molecule has 3 rings (SSSR count). The van der Waals surface area contributed by atoms with Crippen molar-refractivity contribution in [2.45, 2.75) is 26.7 Å². The third-order valence-corrected chi connectivity index (χ3v) is 5.33. The lowest BCUT2D eigenvalue weighted by Crippen LogP contribution is -2.41. The Balaban J connectivity index is 1.80. The van der Waals surface area contributed by atoms with Crippen LogP contribution < -0.4 is 5.32 Å². The van der Waals surface area contributed by atoms with Gasteiger partial charge in [0.15, 0.2) is 0 Å². The Morgan fingerprint density at radius 1 is 1.36 bits per heavy atom. The van der Waals surface area contributed by atoms with Crippen LogP contribution in [0.4, 0.5) is 4.79 Å². The summed E-state index contributed by atoms with van der Waals surface area (Å²) in [4.78, 5) is 19.2. The second-order valence-corrected chi connectivity index (χ2v) is 7.34. The van der Waals surface area contributed by atoms with Crippen LogP contribution >= 0.6 is 0 Å². The zero-order valence-electron chi connectivity index (χ0n) is 17.3. The lowest BCUT2D eigenvalue weighted by atomic mass is 10.0. The maximum atomic E-state index is 12.7. The largest absolute Gasteiger partial charge is 0.501 e. The Labute approximate surface area is 165 Å². The van der Waals surface area contributed by atoms with Gasteiger partial charge in [-0.05, 0) is 25.8 Å². The maximum absolute atomic E-state index is 12.7. The van der Waals surface area contributed by atoms with Gasteiger partial charge in [-0.3, -0.25) is 10.00 Å².